The van der Waals surface area contributed by atoms with E-state index in [0.29, 0.717) is 22.4 Å². The molecule has 160 valence electrons. The highest BCUT2D eigenvalue weighted by Gasteiger charge is 2.41. The molecule has 2 aromatic rings. The second-order valence-corrected chi connectivity index (χ2v) is 7.48. The Kier molecular flexibility index (Phi) is 4.79. The fraction of sp³-hybridized carbons (Fsp3) is 0.647. The number of pyridine rings is 1. The van der Waals surface area contributed by atoms with E-state index < -0.39 is 35.5 Å². The summed E-state index contributed by atoms with van der Waals surface area (Å²) in [7, 11) is 0. The van der Waals surface area contributed by atoms with E-state index >= 15 is 0 Å². The summed E-state index contributed by atoms with van der Waals surface area (Å²) in [5, 5.41) is 10.3. The van der Waals surface area contributed by atoms with Crippen LogP contribution in [0.2, 0.25) is 0 Å². The molecule has 1 saturated heterocycles. The highest BCUT2D eigenvalue weighted by Crippen LogP contribution is 2.37. The quantitative estimate of drug-likeness (QED) is 0.738. The maximum Gasteiger partial charge on any atom is 0.433 e. The first-order valence-electron chi connectivity index (χ1n) is 9.21. The molecule has 2 N–H and O–H groups in total. The standard InChI is InChI=1S/C17H19F6N5O/c1-8(16(18,19)20)29-11-4-5-12(17(21,22)23)28-14(11)26-15(27-28)25-13-9-2-3-10(13)7-24-6-9/h4-5,8-10,13,24H,2-3,6-7H2,1H3,(H,25,27). The van der Waals surface area contributed by atoms with Crippen molar-refractivity contribution in [3.05, 3.63) is 17.8 Å². The predicted octanol–water partition coefficient (Wildman–Crippen LogP) is 3.49. The van der Waals surface area contributed by atoms with Gasteiger partial charge in [-0.1, -0.05) is 0 Å². The molecule has 4 rings (SSSR count). The Bertz CT molecular complexity index is 879. The number of alkyl halides is 6. The Morgan fingerprint density at radius 2 is 1.79 bits per heavy atom. The molecule has 3 heterocycles. The Morgan fingerprint density at radius 3 is 2.38 bits per heavy atom. The van der Waals surface area contributed by atoms with Crippen LogP contribution in [0.1, 0.15) is 25.5 Å². The fourth-order valence-electron chi connectivity index (χ4n) is 4.03. The molecule has 0 radical (unpaired) electrons. The summed E-state index contributed by atoms with van der Waals surface area (Å²) in [6.07, 6.45) is -9.68. The van der Waals surface area contributed by atoms with Crippen LogP contribution in [0.4, 0.5) is 32.3 Å². The van der Waals surface area contributed by atoms with Gasteiger partial charge in [0.25, 0.3) is 0 Å². The molecule has 2 aromatic heterocycles. The number of fused-ring (bicyclic) bond motifs is 3. The monoisotopic (exact) mass is 423 g/mol. The lowest BCUT2D eigenvalue weighted by atomic mass is 9.94. The minimum Gasteiger partial charge on any atom is -0.477 e. The van der Waals surface area contributed by atoms with E-state index in [4.69, 9.17) is 4.74 Å². The van der Waals surface area contributed by atoms with E-state index in [-0.39, 0.29) is 12.0 Å². The number of nitrogens with one attached hydrogen (secondary N) is 2. The number of ether oxygens (including phenoxy) is 1. The van der Waals surface area contributed by atoms with Crippen molar-refractivity contribution in [1.29, 1.82) is 0 Å². The number of nitrogens with zero attached hydrogens (tertiary/aromatic N) is 3. The van der Waals surface area contributed by atoms with Crippen molar-refractivity contribution < 1.29 is 31.1 Å². The van der Waals surface area contributed by atoms with Gasteiger partial charge in [0.2, 0.25) is 5.95 Å². The smallest absolute Gasteiger partial charge is 0.433 e. The minimum absolute atomic E-state index is 0.00136. The minimum atomic E-state index is -4.76. The number of aromatic nitrogens is 3. The molecule has 6 nitrogen and oxygen atoms in total. The average Bonchev–Trinajstić information content (AvgIpc) is 3.10. The first-order chi connectivity index (χ1) is 13.5. The highest BCUT2D eigenvalue weighted by molar-refractivity contribution is 5.57. The molecular formula is C17H19F6N5O. The van der Waals surface area contributed by atoms with E-state index in [1.807, 2.05) is 0 Å². The maximum absolute atomic E-state index is 13.4. The van der Waals surface area contributed by atoms with E-state index in [1.165, 1.54) is 0 Å². The second kappa shape index (κ2) is 6.92. The SMILES string of the molecule is CC(Oc1ccc(C(F)(F)F)n2nc(NC3C4CCC3CNC4)nc12)C(F)(F)F. The van der Waals surface area contributed by atoms with Crippen LogP contribution in [-0.2, 0) is 6.18 Å². The van der Waals surface area contributed by atoms with Crippen molar-refractivity contribution in [2.24, 2.45) is 11.8 Å². The number of rotatable bonds is 4. The number of hydrogen-bond acceptors (Lipinski definition) is 5. The molecule has 1 aliphatic carbocycles. The molecule has 3 atom stereocenters. The summed E-state index contributed by atoms with van der Waals surface area (Å²) in [5.74, 6) is 0.110. The van der Waals surface area contributed by atoms with Crippen LogP contribution in [0, 0.1) is 11.8 Å². The van der Waals surface area contributed by atoms with E-state index in [0.717, 1.165) is 38.9 Å². The summed E-state index contributed by atoms with van der Waals surface area (Å²) < 4.78 is 84.0. The molecule has 29 heavy (non-hydrogen) atoms. The van der Waals surface area contributed by atoms with Gasteiger partial charge < -0.3 is 15.4 Å². The van der Waals surface area contributed by atoms with Crippen LogP contribution in [-0.4, -0.2) is 46.0 Å². The zero-order chi connectivity index (χ0) is 21.0. The van der Waals surface area contributed by atoms with Crippen molar-refractivity contribution in [2.45, 2.75) is 44.3 Å². The largest absolute Gasteiger partial charge is 0.477 e. The lowest BCUT2D eigenvalue weighted by molar-refractivity contribution is -0.189. The number of piperidine rings is 1. The van der Waals surface area contributed by atoms with Crippen molar-refractivity contribution in [3.63, 3.8) is 0 Å². The lowest BCUT2D eigenvalue weighted by Crippen LogP contribution is -2.45. The van der Waals surface area contributed by atoms with Crippen LogP contribution in [0.5, 0.6) is 5.75 Å². The van der Waals surface area contributed by atoms with Gasteiger partial charge >= 0.3 is 12.4 Å². The molecule has 0 spiro atoms. The molecule has 2 aliphatic rings. The van der Waals surface area contributed by atoms with Crippen LogP contribution >= 0.6 is 0 Å². The van der Waals surface area contributed by atoms with Gasteiger partial charge in [0.05, 0.1) is 0 Å². The molecule has 12 heteroatoms. The van der Waals surface area contributed by atoms with Crippen molar-refractivity contribution in [3.8, 4) is 5.75 Å². The first kappa shape index (κ1) is 20.0. The van der Waals surface area contributed by atoms with Gasteiger partial charge in [0, 0.05) is 6.04 Å². The summed E-state index contributed by atoms with van der Waals surface area (Å²) in [5.41, 5.74) is -1.56. The Balaban J connectivity index is 1.71. The summed E-state index contributed by atoms with van der Waals surface area (Å²) in [6, 6.07) is 1.48. The maximum atomic E-state index is 13.4. The first-order valence-corrected chi connectivity index (χ1v) is 9.21. The zero-order valence-electron chi connectivity index (χ0n) is 15.3. The highest BCUT2D eigenvalue weighted by atomic mass is 19.4. The summed E-state index contributed by atoms with van der Waals surface area (Å²) in [4.78, 5) is 4.04. The zero-order valence-corrected chi connectivity index (χ0v) is 15.3. The number of hydrogen-bond donors (Lipinski definition) is 2. The predicted molar refractivity (Wildman–Crippen MR) is 90.6 cm³/mol. The molecular weight excluding hydrogens is 404 g/mol. The third kappa shape index (κ3) is 3.81. The summed E-state index contributed by atoms with van der Waals surface area (Å²) >= 11 is 0. The van der Waals surface area contributed by atoms with Gasteiger partial charge in [0.1, 0.15) is 5.69 Å². The third-order valence-corrected chi connectivity index (χ3v) is 5.54. The van der Waals surface area contributed by atoms with Gasteiger partial charge in [-0.3, -0.25) is 0 Å². The normalized spacial score (nSPS) is 26.0. The Morgan fingerprint density at radius 1 is 1.14 bits per heavy atom. The Hall–Kier alpha value is -2.24. The molecule has 2 bridgehead atoms. The van der Waals surface area contributed by atoms with E-state index in [2.05, 4.69) is 20.7 Å². The van der Waals surface area contributed by atoms with Crippen LogP contribution < -0.4 is 15.4 Å². The van der Waals surface area contributed by atoms with Crippen LogP contribution in [0.25, 0.3) is 5.65 Å². The topological polar surface area (TPSA) is 63.5 Å². The number of halogens is 6. The van der Waals surface area contributed by atoms with Gasteiger partial charge in [-0.15, -0.1) is 5.10 Å². The van der Waals surface area contributed by atoms with Gasteiger partial charge in [0.15, 0.2) is 17.5 Å². The molecule has 1 saturated carbocycles. The van der Waals surface area contributed by atoms with Crippen LogP contribution in [0.3, 0.4) is 0 Å². The number of anilines is 1. The average molecular weight is 423 g/mol. The van der Waals surface area contributed by atoms with Crippen molar-refractivity contribution in [2.75, 3.05) is 18.4 Å². The molecule has 0 aromatic carbocycles. The van der Waals surface area contributed by atoms with Gasteiger partial charge in [-0.25, -0.2) is 4.52 Å². The third-order valence-electron chi connectivity index (χ3n) is 5.54. The molecule has 0 amide bonds. The Labute approximate surface area is 161 Å². The fourth-order valence-corrected chi connectivity index (χ4v) is 4.03. The van der Waals surface area contributed by atoms with Gasteiger partial charge in [-0.2, -0.15) is 31.3 Å². The van der Waals surface area contributed by atoms with Crippen LogP contribution in [0.15, 0.2) is 12.1 Å². The molecule has 2 fully saturated rings. The lowest BCUT2D eigenvalue weighted by Gasteiger charge is -2.30. The second-order valence-electron chi connectivity index (χ2n) is 7.48. The van der Waals surface area contributed by atoms with Gasteiger partial charge in [-0.05, 0) is 56.8 Å². The van der Waals surface area contributed by atoms with E-state index in [1.54, 1.807) is 0 Å². The van der Waals surface area contributed by atoms with Crippen molar-refractivity contribution in [1.82, 2.24) is 19.9 Å². The van der Waals surface area contributed by atoms with Crippen molar-refractivity contribution >= 4 is 11.6 Å². The van der Waals surface area contributed by atoms with E-state index in [9.17, 15) is 26.3 Å². The molecule has 1 aliphatic heterocycles. The summed E-state index contributed by atoms with van der Waals surface area (Å²) in [6.45, 7) is 2.34. The molecule has 3 unspecified atom stereocenters.